The maximum atomic E-state index is 13.0. The zero-order valence-electron chi connectivity index (χ0n) is 35.3. The summed E-state index contributed by atoms with van der Waals surface area (Å²) in [6.07, 6.45) is 0. The third-order valence-electron chi connectivity index (χ3n) is 9.25. The van der Waals surface area contributed by atoms with E-state index in [1.165, 1.54) is 66.7 Å². The Balaban J connectivity index is 0.000000225. The number of halogens is 5. The smallest absolute Gasteiger partial charge is 0.446 e. The number of anilines is 2. The molecule has 13 nitrogen and oxygen atoms in total. The number of thioether (sulfide) groups is 1. The first kappa shape index (κ1) is 50.6. The Labute approximate surface area is 405 Å². The van der Waals surface area contributed by atoms with Crippen LogP contribution in [-0.2, 0) is 19.6 Å². The zero-order chi connectivity index (χ0) is 49.3. The molecule has 4 N–H and O–H groups in total. The van der Waals surface area contributed by atoms with Crippen molar-refractivity contribution in [2.45, 2.75) is 29.1 Å². The maximum absolute atomic E-state index is 13.0. The second-order valence-electron chi connectivity index (χ2n) is 14.3. The van der Waals surface area contributed by atoms with Crippen molar-refractivity contribution in [3.8, 4) is 17.6 Å². The number of alkyl halides is 3. The number of nitrogens with zero attached hydrogens (tertiary/aromatic N) is 2. The van der Waals surface area contributed by atoms with Crippen molar-refractivity contribution in [1.82, 2.24) is 4.98 Å². The van der Waals surface area contributed by atoms with Crippen molar-refractivity contribution >= 4 is 101 Å². The number of carbonyl (C=O) groups excluding carboxylic acids is 4. The third kappa shape index (κ3) is 13.9. The number of hydrogen-bond acceptors (Lipinski definition) is 12. The molecule has 0 fully saturated rings. The summed E-state index contributed by atoms with van der Waals surface area (Å²) in [4.78, 5) is 55.0. The number of ether oxygens (including phenoxy) is 2. The number of benzene rings is 6. The quantitative estimate of drug-likeness (QED) is 0.0690. The van der Waals surface area contributed by atoms with Crippen molar-refractivity contribution in [1.29, 1.82) is 5.26 Å². The standard InChI is InChI=1S/C24H16ClN3O3S.C23H18ClF3N2O5S2/c1-14-27-20-11-18(6-8-22(20)32-14)28-23(29)13-31-21-7-5-17(25)10-19(21)24(30)16-4-2-3-15(9-16)12-26;1-13-9-17(36(28,32)33)6-7-19(13)29-21(30)12-34-20-8-5-15(24)11-18(20)22(31)14-3-2-4-16(10-14)35-23(25,26)27/h2-11H,13H2,1H3,(H,28,29);2-11H,12H2,1H3,(H,29,30)(H2,28,32,33). The van der Waals surface area contributed by atoms with E-state index in [9.17, 15) is 40.8 Å². The van der Waals surface area contributed by atoms with Crippen molar-refractivity contribution in [3.05, 3.63) is 170 Å². The first-order chi connectivity index (χ1) is 32.1. The molecule has 21 heteroatoms. The molecule has 1 aromatic heterocycles. The van der Waals surface area contributed by atoms with Gasteiger partial charge in [0.15, 0.2) is 24.8 Å². The molecule has 0 saturated heterocycles. The molecule has 0 unspecified atom stereocenters. The van der Waals surface area contributed by atoms with Gasteiger partial charge in [-0.1, -0.05) is 47.5 Å². The predicted octanol–water partition coefficient (Wildman–Crippen LogP) is 10.5. The first-order valence-electron chi connectivity index (χ1n) is 19.6. The van der Waals surface area contributed by atoms with Gasteiger partial charge in [0.1, 0.15) is 11.5 Å². The van der Waals surface area contributed by atoms with Gasteiger partial charge in [-0.15, -0.1) is 11.3 Å². The fourth-order valence-electron chi connectivity index (χ4n) is 6.23. The summed E-state index contributed by atoms with van der Waals surface area (Å²) in [5, 5.41) is 21.0. The van der Waals surface area contributed by atoms with Gasteiger partial charge >= 0.3 is 5.51 Å². The molecule has 0 aliphatic carbocycles. The summed E-state index contributed by atoms with van der Waals surface area (Å²) < 4.78 is 73.2. The van der Waals surface area contributed by atoms with E-state index in [-0.39, 0.29) is 73.1 Å². The number of ketones is 2. The van der Waals surface area contributed by atoms with E-state index < -0.39 is 33.8 Å². The fourth-order valence-corrected chi connectivity index (χ4v) is 8.58. The Morgan fingerprint density at radius 1 is 0.765 bits per heavy atom. The fraction of sp³-hybridized carbons (Fsp3) is 0.106. The second kappa shape index (κ2) is 21.9. The molecule has 0 atom stereocenters. The Bertz CT molecular complexity index is 3250. The number of nitrogens with one attached hydrogen (secondary N) is 2. The average Bonchev–Trinajstić information content (AvgIpc) is 3.67. The Kier molecular flexibility index (Phi) is 16.3. The van der Waals surface area contributed by atoms with Crippen molar-refractivity contribution in [3.63, 3.8) is 0 Å². The number of fused-ring (bicyclic) bond motifs is 1. The lowest BCUT2D eigenvalue weighted by molar-refractivity contribution is -0.118. The number of sulfonamides is 1. The third-order valence-corrected chi connectivity index (χ3v) is 12.3. The van der Waals surface area contributed by atoms with Gasteiger partial charge in [-0.3, -0.25) is 19.2 Å². The highest BCUT2D eigenvalue weighted by molar-refractivity contribution is 8.00. The summed E-state index contributed by atoms with van der Waals surface area (Å²) >= 11 is 13.3. The van der Waals surface area contributed by atoms with Crippen molar-refractivity contribution < 1.29 is 50.2 Å². The minimum atomic E-state index is -4.52. The predicted molar refractivity (Wildman–Crippen MR) is 254 cm³/mol. The van der Waals surface area contributed by atoms with Gasteiger partial charge in [-0.2, -0.15) is 18.4 Å². The number of amides is 2. The van der Waals surface area contributed by atoms with Crippen LogP contribution >= 0.6 is 46.3 Å². The summed E-state index contributed by atoms with van der Waals surface area (Å²) in [6, 6.07) is 31.5. The minimum Gasteiger partial charge on any atom is -0.483 e. The van der Waals surface area contributed by atoms with E-state index in [2.05, 4.69) is 15.6 Å². The second-order valence-corrected chi connectivity index (χ2v) is 19.1. The van der Waals surface area contributed by atoms with Gasteiger partial charge in [-0.25, -0.2) is 18.5 Å². The van der Waals surface area contributed by atoms with Gasteiger partial charge in [-0.05, 0) is 128 Å². The van der Waals surface area contributed by atoms with Gasteiger partial charge in [0, 0.05) is 37.4 Å². The lowest BCUT2D eigenvalue weighted by Gasteiger charge is -2.13. The molecular weight excluding hydrogens is 987 g/mol. The molecule has 0 aliphatic rings. The van der Waals surface area contributed by atoms with Crippen LogP contribution in [-0.4, -0.2) is 55.5 Å². The largest absolute Gasteiger partial charge is 0.483 e. The van der Waals surface area contributed by atoms with E-state index in [4.69, 9.17) is 43.1 Å². The maximum Gasteiger partial charge on any atom is 0.446 e. The Hall–Kier alpha value is -6.79. The highest BCUT2D eigenvalue weighted by Gasteiger charge is 2.30. The van der Waals surface area contributed by atoms with E-state index in [1.807, 2.05) is 19.1 Å². The van der Waals surface area contributed by atoms with Crippen LogP contribution in [0.4, 0.5) is 24.5 Å². The lowest BCUT2D eigenvalue weighted by Crippen LogP contribution is -2.21. The van der Waals surface area contributed by atoms with Crippen LogP contribution in [0.1, 0.15) is 48.0 Å². The van der Waals surface area contributed by atoms with Crippen LogP contribution in [0.25, 0.3) is 10.2 Å². The normalized spacial score (nSPS) is 11.2. The van der Waals surface area contributed by atoms with E-state index in [0.29, 0.717) is 33.1 Å². The zero-order valence-corrected chi connectivity index (χ0v) is 39.3. The number of nitrogens with two attached hydrogens (primary N) is 1. The summed E-state index contributed by atoms with van der Waals surface area (Å²) in [5.41, 5.74) is -1.50. The number of thiazole rings is 1. The molecule has 0 saturated carbocycles. The monoisotopic (exact) mass is 1020 g/mol. The Morgan fingerprint density at radius 3 is 1.93 bits per heavy atom. The Morgan fingerprint density at radius 2 is 1.35 bits per heavy atom. The summed E-state index contributed by atoms with van der Waals surface area (Å²) in [7, 11) is -3.91. The van der Waals surface area contributed by atoms with Crippen LogP contribution in [0.5, 0.6) is 11.5 Å². The number of aryl methyl sites for hydroxylation is 2. The van der Waals surface area contributed by atoms with Gasteiger partial charge < -0.3 is 20.1 Å². The molecule has 0 bridgehead atoms. The molecule has 348 valence electrons. The molecule has 6 aromatic carbocycles. The lowest BCUT2D eigenvalue weighted by atomic mass is 10.0. The molecule has 0 radical (unpaired) electrons. The number of nitriles is 1. The SMILES string of the molecule is Cc1cc(S(N)(=O)=O)ccc1NC(=O)COc1ccc(Cl)cc1C(=O)c1cccc(SC(F)(F)F)c1.Cc1nc2cc(NC(=O)COc3ccc(Cl)cc3C(=O)c3cccc(C#N)c3)ccc2s1. The van der Waals surface area contributed by atoms with E-state index >= 15 is 0 Å². The molecule has 2 amide bonds. The highest BCUT2D eigenvalue weighted by Crippen LogP contribution is 2.38. The molecular formula is C47H34Cl2F3N5O8S3. The number of hydrogen-bond donors (Lipinski definition) is 3. The number of carbonyl (C=O) groups is 4. The molecule has 0 aliphatic heterocycles. The topological polar surface area (TPSA) is 208 Å². The summed E-state index contributed by atoms with van der Waals surface area (Å²) in [5.74, 6) is -1.77. The minimum absolute atomic E-state index is 0.00489. The number of primary sulfonamides is 1. The van der Waals surface area contributed by atoms with Crippen LogP contribution in [0.2, 0.25) is 10.0 Å². The van der Waals surface area contributed by atoms with Gasteiger partial charge in [0.25, 0.3) is 11.8 Å². The van der Waals surface area contributed by atoms with Crippen LogP contribution in [0, 0.1) is 25.2 Å². The van der Waals surface area contributed by atoms with Crippen LogP contribution < -0.4 is 25.2 Å². The van der Waals surface area contributed by atoms with Crippen molar-refractivity contribution in [2.75, 3.05) is 23.8 Å². The average molecular weight is 1020 g/mol. The first-order valence-corrected chi connectivity index (χ1v) is 23.5. The summed E-state index contributed by atoms with van der Waals surface area (Å²) in [6.45, 7) is 2.68. The highest BCUT2D eigenvalue weighted by atomic mass is 35.5. The number of rotatable bonds is 14. The van der Waals surface area contributed by atoms with Crippen LogP contribution in [0.15, 0.2) is 131 Å². The van der Waals surface area contributed by atoms with E-state index in [1.54, 1.807) is 60.7 Å². The van der Waals surface area contributed by atoms with Crippen molar-refractivity contribution in [2.24, 2.45) is 5.14 Å². The molecule has 7 aromatic rings. The molecule has 1 heterocycles. The van der Waals surface area contributed by atoms with Crippen LogP contribution in [0.3, 0.4) is 0 Å². The van der Waals surface area contributed by atoms with E-state index in [0.717, 1.165) is 21.3 Å². The molecule has 0 spiro atoms. The number of aromatic nitrogens is 1. The van der Waals surface area contributed by atoms with Gasteiger partial charge in [0.05, 0.1) is 42.9 Å². The molecule has 7 rings (SSSR count). The van der Waals surface area contributed by atoms with Gasteiger partial charge in [0.2, 0.25) is 10.0 Å². The molecule has 68 heavy (non-hydrogen) atoms.